The van der Waals surface area contributed by atoms with E-state index >= 15 is 0 Å². The van der Waals surface area contributed by atoms with Gasteiger partial charge in [0.15, 0.2) is 0 Å². The normalized spacial score (nSPS) is 21.7. The third-order valence-corrected chi connectivity index (χ3v) is 4.44. The highest BCUT2D eigenvalue weighted by molar-refractivity contribution is 5.85. The van der Waals surface area contributed by atoms with Crippen LogP contribution in [0.4, 0.5) is 0 Å². The van der Waals surface area contributed by atoms with Crippen LogP contribution >= 0.6 is 12.4 Å². The minimum atomic E-state index is 0. The molecule has 0 saturated heterocycles. The maximum atomic E-state index is 11.8. The van der Waals surface area contributed by atoms with Crippen molar-refractivity contribution in [3.05, 3.63) is 0 Å². The number of hydrogen-bond acceptors (Lipinski definition) is 2. The van der Waals surface area contributed by atoms with Crippen molar-refractivity contribution in [1.29, 1.82) is 0 Å². The molecular formula is C15H29ClN2O. The maximum absolute atomic E-state index is 11.8. The zero-order valence-corrected chi connectivity index (χ0v) is 12.8. The average Bonchev–Trinajstić information content (AvgIpc) is 2.80. The number of amides is 1. The second kappa shape index (κ2) is 9.60. The van der Waals surface area contributed by atoms with Crippen LogP contribution in [0, 0.1) is 5.92 Å². The molecule has 2 saturated carbocycles. The lowest BCUT2D eigenvalue weighted by Crippen LogP contribution is -2.38. The molecule has 0 heterocycles. The molecular weight excluding hydrogens is 260 g/mol. The summed E-state index contributed by atoms with van der Waals surface area (Å²) in [6.07, 6.45) is 12.8. The molecule has 4 heteroatoms. The number of nitrogens with one attached hydrogen (secondary N) is 2. The quantitative estimate of drug-likeness (QED) is 0.603. The SMILES string of the molecule is Cl.O=C(NCCNC1CCCCCC1)C1CCCC1. The van der Waals surface area contributed by atoms with Gasteiger partial charge in [0.25, 0.3) is 0 Å². The standard InChI is InChI=1S/C15H28N2O.ClH/c18-15(13-7-5-6-8-13)17-12-11-16-14-9-3-1-2-4-10-14;/h13-14,16H,1-12H2,(H,17,18);1H. The second-order valence-electron chi connectivity index (χ2n) is 5.92. The van der Waals surface area contributed by atoms with Crippen LogP contribution in [-0.2, 0) is 4.79 Å². The molecule has 2 rings (SSSR count). The first-order chi connectivity index (χ1) is 8.86. The van der Waals surface area contributed by atoms with Crippen molar-refractivity contribution >= 4 is 18.3 Å². The van der Waals surface area contributed by atoms with Crippen LogP contribution in [0.25, 0.3) is 0 Å². The van der Waals surface area contributed by atoms with Crippen molar-refractivity contribution < 1.29 is 4.79 Å². The molecule has 0 atom stereocenters. The summed E-state index contributed by atoms with van der Waals surface area (Å²) in [5.41, 5.74) is 0. The Kier molecular flexibility index (Phi) is 8.47. The van der Waals surface area contributed by atoms with Gasteiger partial charge >= 0.3 is 0 Å². The predicted octanol–water partition coefficient (Wildman–Crippen LogP) is 3.03. The molecule has 2 N–H and O–H groups in total. The van der Waals surface area contributed by atoms with Crippen LogP contribution in [-0.4, -0.2) is 25.0 Å². The second-order valence-corrected chi connectivity index (χ2v) is 5.92. The van der Waals surface area contributed by atoms with Gasteiger partial charge in [0.2, 0.25) is 5.91 Å². The van der Waals surface area contributed by atoms with Crippen molar-refractivity contribution in [2.75, 3.05) is 13.1 Å². The molecule has 0 spiro atoms. The van der Waals surface area contributed by atoms with E-state index in [2.05, 4.69) is 10.6 Å². The van der Waals surface area contributed by atoms with Gasteiger partial charge in [0, 0.05) is 25.0 Å². The van der Waals surface area contributed by atoms with Crippen molar-refractivity contribution in [2.24, 2.45) is 5.92 Å². The number of hydrogen-bond donors (Lipinski definition) is 2. The summed E-state index contributed by atoms with van der Waals surface area (Å²) >= 11 is 0. The minimum absolute atomic E-state index is 0. The highest BCUT2D eigenvalue weighted by atomic mass is 35.5. The Labute approximate surface area is 123 Å². The number of halogens is 1. The number of rotatable bonds is 5. The van der Waals surface area contributed by atoms with Gasteiger partial charge in [-0.2, -0.15) is 0 Å². The van der Waals surface area contributed by atoms with Gasteiger partial charge in [0.1, 0.15) is 0 Å². The Morgan fingerprint density at radius 2 is 1.42 bits per heavy atom. The molecule has 0 unspecified atom stereocenters. The summed E-state index contributed by atoms with van der Waals surface area (Å²) < 4.78 is 0. The molecule has 2 fully saturated rings. The van der Waals surface area contributed by atoms with Crippen molar-refractivity contribution in [3.63, 3.8) is 0 Å². The fraction of sp³-hybridized carbons (Fsp3) is 0.933. The molecule has 0 aromatic rings. The van der Waals surface area contributed by atoms with Crippen LogP contribution < -0.4 is 10.6 Å². The summed E-state index contributed by atoms with van der Waals surface area (Å²) in [5.74, 6) is 0.595. The van der Waals surface area contributed by atoms with Crippen LogP contribution in [0.2, 0.25) is 0 Å². The Morgan fingerprint density at radius 1 is 0.842 bits per heavy atom. The average molecular weight is 289 g/mol. The Balaban J connectivity index is 0.00000180. The smallest absolute Gasteiger partial charge is 0.223 e. The molecule has 1 amide bonds. The lowest BCUT2D eigenvalue weighted by atomic mass is 10.1. The highest BCUT2D eigenvalue weighted by Gasteiger charge is 2.22. The zero-order chi connectivity index (χ0) is 12.6. The van der Waals surface area contributed by atoms with Gasteiger partial charge < -0.3 is 10.6 Å². The first kappa shape index (κ1) is 16.8. The van der Waals surface area contributed by atoms with Crippen LogP contribution in [0.15, 0.2) is 0 Å². The molecule has 3 nitrogen and oxygen atoms in total. The summed E-state index contributed by atoms with van der Waals surface area (Å²) in [4.78, 5) is 11.8. The molecule has 0 aliphatic heterocycles. The first-order valence-corrected chi connectivity index (χ1v) is 7.87. The molecule has 0 radical (unpaired) electrons. The Morgan fingerprint density at radius 3 is 2.05 bits per heavy atom. The largest absolute Gasteiger partial charge is 0.355 e. The van der Waals surface area contributed by atoms with E-state index in [1.54, 1.807) is 0 Å². The van der Waals surface area contributed by atoms with Gasteiger partial charge in [-0.3, -0.25) is 4.79 Å². The van der Waals surface area contributed by atoms with Crippen molar-refractivity contribution in [2.45, 2.75) is 70.3 Å². The van der Waals surface area contributed by atoms with E-state index in [-0.39, 0.29) is 18.3 Å². The third-order valence-electron chi connectivity index (χ3n) is 4.44. The highest BCUT2D eigenvalue weighted by Crippen LogP contribution is 2.24. The first-order valence-electron chi connectivity index (χ1n) is 7.87. The van der Waals surface area contributed by atoms with Crippen molar-refractivity contribution in [1.82, 2.24) is 10.6 Å². The van der Waals surface area contributed by atoms with E-state index in [1.165, 1.54) is 51.4 Å². The Bertz CT molecular complexity index is 247. The van der Waals surface area contributed by atoms with Gasteiger partial charge in [-0.1, -0.05) is 38.5 Å². The van der Waals surface area contributed by atoms with Gasteiger partial charge in [0.05, 0.1) is 0 Å². The topological polar surface area (TPSA) is 41.1 Å². The van der Waals surface area contributed by atoms with Crippen LogP contribution in [0.5, 0.6) is 0 Å². The molecule has 2 aliphatic rings. The van der Waals surface area contributed by atoms with Crippen molar-refractivity contribution in [3.8, 4) is 0 Å². The fourth-order valence-electron chi connectivity index (χ4n) is 3.28. The zero-order valence-electron chi connectivity index (χ0n) is 12.0. The summed E-state index contributed by atoms with van der Waals surface area (Å²) in [5, 5.41) is 6.67. The van der Waals surface area contributed by atoms with E-state index in [1.807, 2.05) is 0 Å². The fourth-order valence-corrected chi connectivity index (χ4v) is 3.28. The molecule has 112 valence electrons. The van der Waals surface area contributed by atoms with E-state index in [4.69, 9.17) is 0 Å². The van der Waals surface area contributed by atoms with E-state index < -0.39 is 0 Å². The van der Waals surface area contributed by atoms with Crippen LogP contribution in [0.1, 0.15) is 64.2 Å². The van der Waals surface area contributed by atoms with E-state index in [9.17, 15) is 4.79 Å². The third kappa shape index (κ3) is 6.13. The van der Waals surface area contributed by atoms with Crippen LogP contribution in [0.3, 0.4) is 0 Å². The lowest BCUT2D eigenvalue weighted by Gasteiger charge is -2.17. The molecule has 2 aliphatic carbocycles. The Hall–Kier alpha value is -0.280. The van der Waals surface area contributed by atoms with E-state index in [0.29, 0.717) is 12.0 Å². The molecule has 0 aromatic carbocycles. The summed E-state index contributed by atoms with van der Waals surface area (Å²) in [6.45, 7) is 1.73. The molecule has 19 heavy (non-hydrogen) atoms. The number of carbonyl (C=O) groups is 1. The van der Waals surface area contributed by atoms with E-state index in [0.717, 1.165) is 25.9 Å². The monoisotopic (exact) mass is 288 g/mol. The van der Waals surface area contributed by atoms with Gasteiger partial charge in [-0.15, -0.1) is 12.4 Å². The predicted molar refractivity (Wildman–Crippen MR) is 81.7 cm³/mol. The lowest BCUT2D eigenvalue weighted by molar-refractivity contribution is -0.124. The summed E-state index contributed by atoms with van der Waals surface area (Å²) in [7, 11) is 0. The summed E-state index contributed by atoms with van der Waals surface area (Å²) in [6, 6.07) is 0.691. The molecule has 0 bridgehead atoms. The minimum Gasteiger partial charge on any atom is -0.355 e. The maximum Gasteiger partial charge on any atom is 0.223 e. The van der Waals surface area contributed by atoms with Gasteiger partial charge in [-0.25, -0.2) is 0 Å². The number of carbonyl (C=O) groups excluding carboxylic acids is 1. The van der Waals surface area contributed by atoms with Gasteiger partial charge in [-0.05, 0) is 25.7 Å². The molecule has 0 aromatic heterocycles.